The number of hydrogen-bond acceptors (Lipinski definition) is 5. The molecule has 0 fully saturated rings. The predicted octanol–water partition coefficient (Wildman–Crippen LogP) is 4.03. The molecule has 0 atom stereocenters. The first-order valence-corrected chi connectivity index (χ1v) is 11.7. The van der Waals surface area contributed by atoms with Crippen LogP contribution in [0.15, 0.2) is 83.9 Å². The molecule has 0 aliphatic carbocycles. The maximum Gasteiger partial charge on any atom is 0.276 e. The van der Waals surface area contributed by atoms with Gasteiger partial charge in [0.15, 0.2) is 17.1 Å². The maximum atomic E-state index is 13.2. The number of nitrogens with zero attached hydrogens (tertiary/aromatic N) is 3. The van der Waals surface area contributed by atoms with Gasteiger partial charge in [0.25, 0.3) is 11.5 Å². The summed E-state index contributed by atoms with van der Waals surface area (Å²) in [5, 5.41) is 2.95. The van der Waals surface area contributed by atoms with Gasteiger partial charge < -0.3 is 19.2 Å². The average molecular weight is 483 g/mol. The summed E-state index contributed by atoms with van der Waals surface area (Å²) < 4.78 is 14.4. The molecule has 3 heterocycles. The van der Waals surface area contributed by atoms with Crippen LogP contribution in [0.25, 0.3) is 16.7 Å². The zero-order chi connectivity index (χ0) is 25.1. The zero-order valence-electron chi connectivity index (χ0n) is 20.1. The number of fused-ring (bicyclic) bond motifs is 3. The number of hydrogen-bond donors (Lipinski definition) is 1. The van der Waals surface area contributed by atoms with Gasteiger partial charge in [-0.15, -0.1) is 0 Å². The standard InChI is InChI=1S/C28H26N4O4/c1-3-36-24-12-11-19(16-25(24)35-2)17-30-27(33)21-8-4-7-20(15-21)18-32-26-22(9-5-13-29-26)31-14-6-10-23(31)28(32)34/h4-16H,3,17-18H2,1-2H3,(H,30,33). The highest BCUT2D eigenvalue weighted by molar-refractivity contribution is 5.94. The quantitative estimate of drug-likeness (QED) is 0.361. The Hall–Kier alpha value is -4.59. The molecule has 0 saturated heterocycles. The summed E-state index contributed by atoms with van der Waals surface area (Å²) in [5.41, 5.74) is 4.11. The lowest BCUT2D eigenvalue weighted by Gasteiger charge is -2.13. The van der Waals surface area contributed by atoms with Crippen molar-refractivity contribution in [3.8, 4) is 11.5 Å². The van der Waals surface area contributed by atoms with Crippen molar-refractivity contribution in [3.63, 3.8) is 0 Å². The third kappa shape index (κ3) is 4.40. The van der Waals surface area contributed by atoms with E-state index in [-0.39, 0.29) is 11.5 Å². The first kappa shape index (κ1) is 23.2. The van der Waals surface area contributed by atoms with E-state index in [4.69, 9.17) is 9.47 Å². The largest absolute Gasteiger partial charge is 0.493 e. The van der Waals surface area contributed by atoms with Crippen LogP contribution in [0.2, 0.25) is 0 Å². The van der Waals surface area contributed by atoms with E-state index in [0.29, 0.717) is 47.9 Å². The zero-order valence-corrected chi connectivity index (χ0v) is 20.1. The molecule has 1 amide bonds. The highest BCUT2D eigenvalue weighted by Gasteiger charge is 2.13. The van der Waals surface area contributed by atoms with Crippen molar-refractivity contribution in [2.45, 2.75) is 20.0 Å². The van der Waals surface area contributed by atoms with Crippen molar-refractivity contribution in [1.29, 1.82) is 0 Å². The second-order valence-electron chi connectivity index (χ2n) is 8.30. The molecule has 0 aliphatic rings. The van der Waals surface area contributed by atoms with E-state index in [1.54, 1.807) is 36.1 Å². The fraction of sp³-hybridized carbons (Fsp3) is 0.179. The lowest BCUT2D eigenvalue weighted by atomic mass is 10.1. The molecule has 3 aromatic heterocycles. The van der Waals surface area contributed by atoms with Crippen LogP contribution in [-0.2, 0) is 13.1 Å². The average Bonchev–Trinajstić information content (AvgIpc) is 3.41. The molecule has 0 saturated carbocycles. The topological polar surface area (TPSA) is 86.9 Å². The molecular formula is C28H26N4O4. The number of ether oxygens (including phenoxy) is 2. The molecule has 0 unspecified atom stereocenters. The summed E-state index contributed by atoms with van der Waals surface area (Å²) in [6, 6.07) is 20.3. The second-order valence-corrected chi connectivity index (χ2v) is 8.30. The van der Waals surface area contributed by atoms with E-state index in [2.05, 4.69) is 10.3 Å². The Bertz CT molecular complexity index is 1620. The van der Waals surface area contributed by atoms with E-state index in [0.717, 1.165) is 16.6 Å². The van der Waals surface area contributed by atoms with Gasteiger partial charge >= 0.3 is 0 Å². The van der Waals surface area contributed by atoms with Crippen molar-refractivity contribution in [2.24, 2.45) is 0 Å². The van der Waals surface area contributed by atoms with Gasteiger partial charge in [-0.05, 0) is 66.6 Å². The van der Waals surface area contributed by atoms with Crippen LogP contribution < -0.4 is 20.3 Å². The molecule has 8 heteroatoms. The van der Waals surface area contributed by atoms with E-state index >= 15 is 0 Å². The molecular weight excluding hydrogens is 456 g/mol. The van der Waals surface area contributed by atoms with Crippen molar-refractivity contribution in [2.75, 3.05) is 13.7 Å². The summed E-state index contributed by atoms with van der Waals surface area (Å²) in [6.07, 6.45) is 3.53. The first-order valence-electron chi connectivity index (χ1n) is 11.7. The van der Waals surface area contributed by atoms with E-state index in [9.17, 15) is 9.59 Å². The van der Waals surface area contributed by atoms with E-state index in [1.807, 2.05) is 66.1 Å². The van der Waals surface area contributed by atoms with Crippen LogP contribution in [0.5, 0.6) is 11.5 Å². The highest BCUT2D eigenvalue weighted by Crippen LogP contribution is 2.28. The lowest BCUT2D eigenvalue weighted by Crippen LogP contribution is -2.25. The van der Waals surface area contributed by atoms with Crippen LogP contribution >= 0.6 is 0 Å². The number of nitrogens with one attached hydrogen (secondary N) is 1. The third-order valence-corrected chi connectivity index (χ3v) is 6.01. The molecule has 36 heavy (non-hydrogen) atoms. The minimum absolute atomic E-state index is 0.134. The van der Waals surface area contributed by atoms with Crippen LogP contribution in [0, 0.1) is 0 Å². The van der Waals surface area contributed by atoms with Crippen LogP contribution in [-0.4, -0.2) is 33.6 Å². The smallest absolute Gasteiger partial charge is 0.276 e. The maximum absolute atomic E-state index is 13.2. The lowest BCUT2D eigenvalue weighted by molar-refractivity contribution is 0.0950. The Morgan fingerprint density at radius 3 is 2.67 bits per heavy atom. The highest BCUT2D eigenvalue weighted by atomic mass is 16.5. The molecule has 0 radical (unpaired) electrons. The minimum Gasteiger partial charge on any atom is -0.493 e. The van der Waals surface area contributed by atoms with E-state index in [1.165, 1.54) is 0 Å². The number of pyridine rings is 1. The Balaban J connectivity index is 1.37. The molecule has 2 aromatic carbocycles. The van der Waals surface area contributed by atoms with Gasteiger partial charge in [0.2, 0.25) is 0 Å². The Morgan fingerprint density at radius 2 is 1.83 bits per heavy atom. The number of aromatic nitrogens is 3. The van der Waals surface area contributed by atoms with Crippen LogP contribution in [0.3, 0.4) is 0 Å². The predicted molar refractivity (Wildman–Crippen MR) is 138 cm³/mol. The monoisotopic (exact) mass is 482 g/mol. The van der Waals surface area contributed by atoms with Crippen molar-refractivity contribution < 1.29 is 14.3 Å². The molecule has 0 spiro atoms. The molecule has 5 rings (SSSR count). The molecule has 0 bridgehead atoms. The van der Waals surface area contributed by atoms with Gasteiger partial charge in [0, 0.05) is 24.5 Å². The first-order chi connectivity index (χ1) is 17.6. The number of amides is 1. The van der Waals surface area contributed by atoms with Gasteiger partial charge in [0.05, 0.1) is 25.8 Å². The Labute approximate surface area is 207 Å². The normalized spacial score (nSPS) is 11.1. The summed E-state index contributed by atoms with van der Waals surface area (Å²) in [4.78, 5) is 30.6. The van der Waals surface area contributed by atoms with Gasteiger partial charge in [0.1, 0.15) is 5.52 Å². The fourth-order valence-corrected chi connectivity index (χ4v) is 4.31. The number of carbonyl (C=O) groups is 1. The summed E-state index contributed by atoms with van der Waals surface area (Å²) >= 11 is 0. The van der Waals surface area contributed by atoms with Crippen LogP contribution in [0.4, 0.5) is 0 Å². The second kappa shape index (κ2) is 9.95. The Kier molecular flexibility index (Phi) is 6.40. The number of rotatable bonds is 8. The summed E-state index contributed by atoms with van der Waals surface area (Å²) in [7, 11) is 1.59. The molecule has 182 valence electrons. The van der Waals surface area contributed by atoms with Crippen molar-refractivity contribution in [1.82, 2.24) is 19.3 Å². The number of benzene rings is 2. The molecule has 0 aliphatic heterocycles. The minimum atomic E-state index is -0.206. The van der Waals surface area contributed by atoms with Gasteiger partial charge in [-0.3, -0.25) is 14.2 Å². The SMILES string of the molecule is CCOc1ccc(CNC(=O)c2cccc(Cn3c(=O)c4cccn4c4cccnc43)c2)cc1OC. The molecule has 8 nitrogen and oxygen atoms in total. The van der Waals surface area contributed by atoms with Gasteiger partial charge in [-0.25, -0.2) is 4.98 Å². The number of carbonyl (C=O) groups excluding carboxylic acids is 1. The van der Waals surface area contributed by atoms with Crippen molar-refractivity contribution in [3.05, 3.63) is 106 Å². The summed E-state index contributed by atoms with van der Waals surface area (Å²) in [6.45, 7) is 3.09. The summed E-state index contributed by atoms with van der Waals surface area (Å²) in [5.74, 6) is 1.08. The fourth-order valence-electron chi connectivity index (χ4n) is 4.31. The number of methoxy groups -OCH3 is 1. The molecule has 1 N–H and O–H groups in total. The molecule has 5 aromatic rings. The van der Waals surface area contributed by atoms with Crippen molar-refractivity contribution >= 4 is 22.6 Å². The van der Waals surface area contributed by atoms with Crippen LogP contribution in [0.1, 0.15) is 28.4 Å². The Morgan fingerprint density at radius 1 is 0.972 bits per heavy atom. The van der Waals surface area contributed by atoms with E-state index < -0.39 is 0 Å². The van der Waals surface area contributed by atoms with Gasteiger partial charge in [-0.1, -0.05) is 18.2 Å². The third-order valence-electron chi connectivity index (χ3n) is 6.01. The van der Waals surface area contributed by atoms with Gasteiger partial charge in [-0.2, -0.15) is 0 Å².